The van der Waals surface area contributed by atoms with Gasteiger partial charge in [0, 0.05) is 12.2 Å². The van der Waals surface area contributed by atoms with Gasteiger partial charge in [-0.05, 0) is 36.7 Å². The Morgan fingerprint density at radius 1 is 1.29 bits per heavy atom. The highest BCUT2D eigenvalue weighted by Crippen LogP contribution is 2.14. The van der Waals surface area contributed by atoms with E-state index in [0.29, 0.717) is 0 Å². The molecule has 0 spiro atoms. The van der Waals surface area contributed by atoms with Gasteiger partial charge in [-0.1, -0.05) is 39.8 Å². The zero-order chi connectivity index (χ0) is 15.8. The van der Waals surface area contributed by atoms with E-state index in [4.69, 9.17) is 0 Å². The van der Waals surface area contributed by atoms with E-state index in [9.17, 15) is 9.90 Å². The van der Waals surface area contributed by atoms with Gasteiger partial charge in [0.15, 0.2) is 0 Å². The van der Waals surface area contributed by atoms with Gasteiger partial charge in [-0.2, -0.15) is 0 Å². The Balaban J connectivity index is 2.62. The number of rotatable bonds is 8. The van der Waals surface area contributed by atoms with Gasteiger partial charge in [0.1, 0.15) is 0 Å². The Hall–Kier alpha value is -1.39. The van der Waals surface area contributed by atoms with Crippen LogP contribution in [0.25, 0.3) is 0 Å². The molecule has 1 aromatic carbocycles. The lowest BCUT2D eigenvalue weighted by molar-refractivity contribution is -0.118. The Morgan fingerprint density at radius 2 is 1.95 bits per heavy atom. The highest BCUT2D eigenvalue weighted by Gasteiger charge is 2.14. The molecule has 1 atom stereocenters. The van der Waals surface area contributed by atoms with Crippen LogP contribution < -0.4 is 5.32 Å². The molecule has 4 heteroatoms. The number of anilines is 1. The number of hydrogen-bond acceptors (Lipinski definition) is 3. The molecule has 0 fully saturated rings. The molecule has 1 unspecified atom stereocenters. The van der Waals surface area contributed by atoms with Gasteiger partial charge in [0.25, 0.3) is 0 Å². The minimum absolute atomic E-state index is 0.0877. The maximum absolute atomic E-state index is 11.9. The first-order valence-electron chi connectivity index (χ1n) is 7.75. The molecule has 1 aromatic rings. The number of amides is 1. The summed E-state index contributed by atoms with van der Waals surface area (Å²) >= 11 is 0. The summed E-state index contributed by atoms with van der Waals surface area (Å²) in [6, 6.07) is 7.90. The first kappa shape index (κ1) is 17.7. The molecule has 0 heterocycles. The first-order valence-corrected chi connectivity index (χ1v) is 7.75. The van der Waals surface area contributed by atoms with E-state index in [2.05, 4.69) is 30.1 Å². The molecule has 2 N–H and O–H groups in total. The van der Waals surface area contributed by atoms with E-state index >= 15 is 0 Å². The fraction of sp³-hybridized carbons (Fsp3) is 0.588. The third-order valence-electron chi connectivity index (χ3n) is 3.68. The summed E-state index contributed by atoms with van der Waals surface area (Å²) in [5.74, 6) is -0.0547. The van der Waals surface area contributed by atoms with Gasteiger partial charge in [-0.15, -0.1) is 0 Å². The van der Waals surface area contributed by atoms with Crippen LogP contribution in [0.5, 0.6) is 0 Å². The van der Waals surface area contributed by atoms with Crippen molar-refractivity contribution in [1.29, 1.82) is 0 Å². The largest absolute Gasteiger partial charge is 0.392 e. The summed E-state index contributed by atoms with van der Waals surface area (Å²) < 4.78 is 0. The summed E-state index contributed by atoms with van der Waals surface area (Å²) in [7, 11) is 0. The van der Waals surface area contributed by atoms with E-state index in [1.54, 1.807) is 0 Å². The minimum Gasteiger partial charge on any atom is -0.392 e. The smallest absolute Gasteiger partial charge is 0.226 e. The Bertz CT molecular complexity index is 442. The molecule has 118 valence electrons. The fourth-order valence-corrected chi connectivity index (χ4v) is 2.09. The van der Waals surface area contributed by atoms with Crippen LogP contribution in [-0.4, -0.2) is 35.1 Å². The molecule has 1 rings (SSSR count). The number of carbonyl (C=O) groups is 1. The normalized spacial score (nSPS) is 12.7. The highest BCUT2D eigenvalue weighted by atomic mass is 16.3. The highest BCUT2D eigenvalue weighted by molar-refractivity contribution is 5.91. The third-order valence-corrected chi connectivity index (χ3v) is 3.68. The molecule has 0 aliphatic carbocycles. The molecule has 0 aliphatic rings. The zero-order valence-electron chi connectivity index (χ0n) is 13.6. The van der Waals surface area contributed by atoms with Crippen molar-refractivity contribution in [2.24, 2.45) is 5.92 Å². The number of nitrogens with one attached hydrogen (secondary N) is 1. The van der Waals surface area contributed by atoms with Gasteiger partial charge in [0.2, 0.25) is 5.91 Å². The van der Waals surface area contributed by atoms with Crippen LogP contribution >= 0.6 is 0 Å². The Kier molecular flexibility index (Phi) is 7.40. The number of aliphatic hydroxyl groups excluding tert-OH is 1. The van der Waals surface area contributed by atoms with Crippen molar-refractivity contribution in [2.75, 3.05) is 18.4 Å². The van der Waals surface area contributed by atoms with Gasteiger partial charge < -0.3 is 10.4 Å². The summed E-state index contributed by atoms with van der Waals surface area (Å²) in [5, 5.41) is 12.6. The molecule has 0 aliphatic heterocycles. The second kappa shape index (κ2) is 8.80. The lowest BCUT2D eigenvalue weighted by atomic mass is 10.0. The lowest BCUT2D eigenvalue weighted by Gasteiger charge is -2.18. The molecular weight excluding hydrogens is 264 g/mol. The van der Waals surface area contributed by atoms with Gasteiger partial charge in [-0.3, -0.25) is 9.69 Å². The summed E-state index contributed by atoms with van der Waals surface area (Å²) in [6.07, 6.45) is -0.457. The second-order valence-electron chi connectivity index (χ2n) is 5.73. The SMILES string of the molecule is CCN(CC)Cc1cccc(NC(=O)CC(O)C(C)C)c1. The molecule has 0 bridgehead atoms. The van der Waals surface area contributed by atoms with Crippen LogP contribution in [0, 0.1) is 5.92 Å². The van der Waals surface area contributed by atoms with Crippen LogP contribution in [0.15, 0.2) is 24.3 Å². The van der Waals surface area contributed by atoms with Crippen molar-refractivity contribution in [1.82, 2.24) is 4.90 Å². The standard InChI is InChI=1S/C17H28N2O2/c1-5-19(6-2)12-14-8-7-9-15(10-14)18-17(21)11-16(20)13(3)4/h7-10,13,16,20H,5-6,11-12H2,1-4H3,(H,18,21). The molecule has 21 heavy (non-hydrogen) atoms. The van der Waals surface area contributed by atoms with Crippen molar-refractivity contribution in [3.63, 3.8) is 0 Å². The van der Waals surface area contributed by atoms with Crippen LogP contribution in [0.1, 0.15) is 39.7 Å². The maximum Gasteiger partial charge on any atom is 0.226 e. The van der Waals surface area contributed by atoms with Crippen LogP contribution in [-0.2, 0) is 11.3 Å². The summed E-state index contributed by atoms with van der Waals surface area (Å²) in [4.78, 5) is 14.2. The van der Waals surface area contributed by atoms with Crippen molar-refractivity contribution < 1.29 is 9.90 Å². The first-order chi connectivity index (χ1) is 9.96. The molecule has 1 amide bonds. The number of benzene rings is 1. The van der Waals surface area contributed by atoms with Crippen molar-refractivity contribution >= 4 is 11.6 Å². The lowest BCUT2D eigenvalue weighted by Crippen LogP contribution is -2.24. The number of carbonyl (C=O) groups excluding carboxylic acids is 1. The quantitative estimate of drug-likeness (QED) is 0.774. The minimum atomic E-state index is -0.594. The zero-order valence-corrected chi connectivity index (χ0v) is 13.6. The average Bonchev–Trinajstić information content (AvgIpc) is 2.44. The van der Waals surface area contributed by atoms with Crippen LogP contribution in [0.2, 0.25) is 0 Å². The molecule has 4 nitrogen and oxygen atoms in total. The molecule has 0 radical (unpaired) electrons. The van der Waals surface area contributed by atoms with E-state index < -0.39 is 6.10 Å². The predicted octanol–water partition coefficient (Wildman–Crippen LogP) is 2.87. The molecule has 0 aromatic heterocycles. The van der Waals surface area contributed by atoms with Crippen LogP contribution in [0.4, 0.5) is 5.69 Å². The Morgan fingerprint density at radius 3 is 2.52 bits per heavy atom. The number of aliphatic hydroxyl groups is 1. The maximum atomic E-state index is 11.9. The van der Waals surface area contributed by atoms with E-state index in [1.165, 1.54) is 5.56 Å². The molecule has 0 saturated carbocycles. The van der Waals surface area contributed by atoms with E-state index in [0.717, 1.165) is 25.3 Å². The van der Waals surface area contributed by atoms with Gasteiger partial charge >= 0.3 is 0 Å². The van der Waals surface area contributed by atoms with Gasteiger partial charge in [0.05, 0.1) is 12.5 Å². The van der Waals surface area contributed by atoms with Crippen molar-refractivity contribution in [2.45, 2.75) is 46.8 Å². The predicted molar refractivity (Wildman–Crippen MR) is 87.2 cm³/mol. The molecule has 0 saturated heterocycles. The van der Waals surface area contributed by atoms with Crippen molar-refractivity contribution in [3.05, 3.63) is 29.8 Å². The average molecular weight is 292 g/mol. The number of hydrogen-bond donors (Lipinski definition) is 2. The summed E-state index contributed by atoms with van der Waals surface area (Å²) in [6.45, 7) is 11.0. The third kappa shape index (κ3) is 6.27. The number of nitrogens with zero attached hydrogens (tertiary/aromatic N) is 1. The topological polar surface area (TPSA) is 52.6 Å². The van der Waals surface area contributed by atoms with E-state index in [1.807, 2.05) is 32.0 Å². The van der Waals surface area contributed by atoms with Crippen molar-refractivity contribution in [3.8, 4) is 0 Å². The second-order valence-corrected chi connectivity index (χ2v) is 5.73. The van der Waals surface area contributed by atoms with Crippen LogP contribution in [0.3, 0.4) is 0 Å². The fourth-order valence-electron chi connectivity index (χ4n) is 2.09. The summed E-state index contributed by atoms with van der Waals surface area (Å²) in [5.41, 5.74) is 1.97. The monoisotopic (exact) mass is 292 g/mol. The van der Waals surface area contributed by atoms with Gasteiger partial charge in [-0.25, -0.2) is 0 Å². The molecular formula is C17H28N2O2. The Labute approximate surface area is 128 Å². The van der Waals surface area contributed by atoms with E-state index in [-0.39, 0.29) is 18.2 Å².